The van der Waals surface area contributed by atoms with Gasteiger partial charge in [-0.1, -0.05) is 13.1 Å². The second kappa shape index (κ2) is 6.14. The minimum atomic E-state index is 0.417. The van der Waals surface area contributed by atoms with Gasteiger partial charge in [0.25, 0.3) is 0 Å². The maximum absolute atomic E-state index is 2.30. The van der Waals surface area contributed by atoms with Crippen molar-refractivity contribution in [1.82, 2.24) is 0 Å². The predicted octanol–water partition coefficient (Wildman–Crippen LogP) is 3.04. The first-order valence-electron chi connectivity index (χ1n) is 5.07. The molecule has 0 bridgehead atoms. The van der Waals surface area contributed by atoms with Gasteiger partial charge in [0.05, 0.1) is 0 Å². The minimum absolute atomic E-state index is 0.417. The Hall–Kier alpha value is 0.580. The first-order valence-corrected chi connectivity index (χ1v) is 9.13. The monoisotopic (exact) mass is 271 g/mol. The Morgan fingerprint density at radius 1 is 1.08 bits per heavy atom. The van der Waals surface area contributed by atoms with E-state index in [-0.39, 0.29) is 0 Å². The van der Waals surface area contributed by atoms with Crippen molar-refractivity contribution < 1.29 is 24.7 Å². The van der Waals surface area contributed by atoms with Gasteiger partial charge in [-0.3, -0.25) is 0 Å². The molecule has 1 aliphatic carbocycles. The first-order chi connectivity index (χ1) is 5.97. The van der Waals surface area contributed by atoms with E-state index in [0.29, 0.717) is 9.52 Å². The molecule has 0 aromatic heterocycles. The Kier molecular flexibility index (Phi) is 6.41. The Balaban J connectivity index is 0.000000424. The topological polar surface area (TPSA) is 0 Å². The number of hydrogen-bond acceptors (Lipinski definition) is 0. The molecule has 1 unspecified atom stereocenters. The molecule has 1 atom stereocenters. The van der Waals surface area contributed by atoms with Crippen LogP contribution in [-0.4, -0.2) is 9.52 Å². The van der Waals surface area contributed by atoms with E-state index in [4.69, 9.17) is 0 Å². The van der Waals surface area contributed by atoms with Gasteiger partial charge in [-0.15, -0.1) is 0 Å². The van der Waals surface area contributed by atoms with Crippen molar-refractivity contribution >= 4 is 9.52 Å². The maximum atomic E-state index is 2.30. The molecule has 2 heteroatoms. The molecule has 1 aliphatic rings. The second-order valence-corrected chi connectivity index (χ2v) is 6.51. The van der Waals surface area contributed by atoms with E-state index < -0.39 is 0 Å². The maximum Gasteiger partial charge on any atom is 0.0135 e. The van der Waals surface area contributed by atoms with Crippen molar-refractivity contribution in [2.75, 3.05) is 0 Å². The molecular weight excluding hydrogens is 251 g/mol. The van der Waals surface area contributed by atoms with Crippen LogP contribution in [0.25, 0.3) is 0 Å². The van der Waals surface area contributed by atoms with Crippen molar-refractivity contribution in [2.45, 2.75) is 40.8 Å². The van der Waals surface area contributed by atoms with Gasteiger partial charge in [-0.2, -0.15) is 0 Å². The number of rotatable bonds is 0. The molecule has 0 amide bonds. The average Bonchev–Trinajstić information content (AvgIpc) is 2.25. The van der Waals surface area contributed by atoms with Crippen LogP contribution in [0.4, 0.5) is 0 Å². The van der Waals surface area contributed by atoms with Crippen LogP contribution in [0.2, 0.25) is 13.1 Å². The van der Waals surface area contributed by atoms with E-state index in [2.05, 4.69) is 40.8 Å². The summed E-state index contributed by atoms with van der Waals surface area (Å²) in [7, 11) is 0.417. The quantitative estimate of drug-likeness (QED) is 0.595. The van der Waals surface area contributed by atoms with Gasteiger partial charge >= 0.3 is 78.3 Å². The smallest absolute Gasteiger partial charge is 0.0135 e. The normalized spacial score (nSPS) is 21.8. The van der Waals surface area contributed by atoms with E-state index in [0.717, 1.165) is 5.92 Å². The fourth-order valence-corrected chi connectivity index (χ4v) is 2.36. The van der Waals surface area contributed by atoms with Crippen LogP contribution in [-0.2, 0) is 24.7 Å². The van der Waals surface area contributed by atoms with Crippen LogP contribution >= 0.6 is 0 Å². The third-order valence-electron chi connectivity index (χ3n) is 2.64. The zero-order chi connectivity index (χ0) is 10.6. The standard InChI is InChI=1S/C9H13.C2H8Si.Zr/c1-6-5-7(2)9(4)8(6)3;1-3-2;/h6H,1-4H3;3H2,1-2H3;. The minimum Gasteiger partial charge on any atom is -0.0750 e. The molecule has 0 aliphatic heterocycles. The largest absolute Gasteiger partial charge is 0.0750 e. The average molecular weight is 273 g/mol. The predicted molar refractivity (Wildman–Crippen MR) is 60.5 cm³/mol. The molecule has 0 aromatic carbocycles. The molecule has 0 spiro atoms. The van der Waals surface area contributed by atoms with E-state index in [1.807, 2.05) is 0 Å². The fourth-order valence-electron chi connectivity index (χ4n) is 1.36. The van der Waals surface area contributed by atoms with Crippen LogP contribution in [0, 0.1) is 5.92 Å². The van der Waals surface area contributed by atoms with Gasteiger partial charge in [0.15, 0.2) is 0 Å². The van der Waals surface area contributed by atoms with Gasteiger partial charge in [0, 0.05) is 9.52 Å². The van der Waals surface area contributed by atoms with Gasteiger partial charge in [-0.25, -0.2) is 0 Å². The summed E-state index contributed by atoms with van der Waals surface area (Å²) in [6.45, 7) is 13.6. The number of allylic oxidation sites excluding steroid dienone is 4. The van der Waals surface area contributed by atoms with Crippen molar-refractivity contribution in [3.8, 4) is 0 Å². The Bertz CT molecular complexity index is 214. The molecule has 0 fully saturated rings. The van der Waals surface area contributed by atoms with Crippen molar-refractivity contribution in [3.05, 3.63) is 20.0 Å². The summed E-state index contributed by atoms with van der Waals surface area (Å²) in [6.07, 6.45) is 0. The molecule has 0 saturated heterocycles. The third kappa shape index (κ3) is 3.32. The molecule has 13 heavy (non-hydrogen) atoms. The summed E-state index contributed by atoms with van der Waals surface area (Å²) in [5.41, 5.74) is 4.65. The zero-order valence-electron chi connectivity index (χ0n) is 9.78. The first kappa shape index (κ1) is 13.6. The van der Waals surface area contributed by atoms with E-state index in [1.54, 1.807) is 39.1 Å². The van der Waals surface area contributed by atoms with Crippen LogP contribution in [0.3, 0.4) is 0 Å². The molecule has 0 N–H and O–H groups in total. The molecule has 0 nitrogen and oxygen atoms in total. The summed E-state index contributed by atoms with van der Waals surface area (Å²) in [4.78, 5) is 0. The fraction of sp³-hybridized carbons (Fsp3) is 0.636. The van der Waals surface area contributed by atoms with Crippen LogP contribution in [0.5, 0.6) is 0 Å². The van der Waals surface area contributed by atoms with Crippen molar-refractivity contribution in [1.29, 1.82) is 0 Å². The molecule has 0 aromatic rings. The second-order valence-electron chi connectivity index (χ2n) is 3.78. The third-order valence-corrected chi connectivity index (χ3v) is 4.63. The molecule has 0 saturated carbocycles. The zero-order valence-corrected chi connectivity index (χ0v) is 13.7. The number of hydrogen-bond donors (Lipinski definition) is 0. The van der Waals surface area contributed by atoms with E-state index >= 15 is 0 Å². The van der Waals surface area contributed by atoms with Crippen molar-refractivity contribution in [3.63, 3.8) is 0 Å². The summed E-state index contributed by atoms with van der Waals surface area (Å²) in [5.74, 6) is 0.734. The summed E-state index contributed by atoms with van der Waals surface area (Å²) in [5, 5.41) is 0. The Labute approximate surface area is 101 Å². The van der Waals surface area contributed by atoms with E-state index in [1.165, 1.54) is 5.57 Å². The molecule has 0 radical (unpaired) electrons. The molecular formula is C11H21SiZr. The van der Waals surface area contributed by atoms with Crippen LogP contribution in [0.1, 0.15) is 27.7 Å². The van der Waals surface area contributed by atoms with Gasteiger partial charge in [0.1, 0.15) is 0 Å². The SMILES string of the molecule is CC1=C(C)C(C)[C]([Zr])=C1C.C[SiH2]C. The van der Waals surface area contributed by atoms with Gasteiger partial charge in [0.2, 0.25) is 0 Å². The summed E-state index contributed by atoms with van der Waals surface area (Å²) >= 11 is 1.59. The summed E-state index contributed by atoms with van der Waals surface area (Å²) < 4.78 is 1.64. The van der Waals surface area contributed by atoms with Gasteiger partial charge in [-0.05, 0) is 0 Å². The Morgan fingerprint density at radius 2 is 1.46 bits per heavy atom. The summed E-state index contributed by atoms with van der Waals surface area (Å²) in [6, 6.07) is 0. The van der Waals surface area contributed by atoms with Crippen LogP contribution in [0.15, 0.2) is 20.0 Å². The molecule has 1 rings (SSSR count). The van der Waals surface area contributed by atoms with Gasteiger partial charge < -0.3 is 0 Å². The molecule has 0 heterocycles. The van der Waals surface area contributed by atoms with Crippen LogP contribution < -0.4 is 0 Å². The Morgan fingerprint density at radius 3 is 1.54 bits per heavy atom. The van der Waals surface area contributed by atoms with E-state index in [9.17, 15) is 0 Å². The molecule has 73 valence electrons. The van der Waals surface area contributed by atoms with Crippen molar-refractivity contribution in [2.24, 2.45) is 5.92 Å².